The van der Waals surface area contributed by atoms with Gasteiger partial charge in [0.1, 0.15) is 5.82 Å². The van der Waals surface area contributed by atoms with Gasteiger partial charge in [-0.2, -0.15) is 0 Å². The summed E-state index contributed by atoms with van der Waals surface area (Å²) in [5.74, 6) is 0.481. The minimum absolute atomic E-state index is 0.0925. The summed E-state index contributed by atoms with van der Waals surface area (Å²) in [7, 11) is 0. The molecule has 0 unspecified atom stereocenters. The van der Waals surface area contributed by atoms with Crippen molar-refractivity contribution in [2.24, 2.45) is 5.92 Å². The van der Waals surface area contributed by atoms with E-state index < -0.39 is 0 Å². The molecule has 3 rings (SSSR count). The summed E-state index contributed by atoms with van der Waals surface area (Å²) in [5.41, 5.74) is 3.03. The zero-order chi connectivity index (χ0) is 17.8. The fraction of sp³-hybridized carbons (Fsp3) is 0.381. The third-order valence-corrected chi connectivity index (χ3v) is 4.60. The molecule has 0 atom stereocenters. The number of hydrogen-bond donors (Lipinski definition) is 0. The third kappa shape index (κ3) is 4.38. The molecule has 0 bridgehead atoms. The van der Waals surface area contributed by atoms with E-state index >= 15 is 0 Å². The van der Waals surface area contributed by atoms with Crippen molar-refractivity contribution in [1.29, 1.82) is 0 Å². The van der Waals surface area contributed by atoms with Crippen LogP contribution in [0.1, 0.15) is 29.8 Å². The summed E-state index contributed by atoms with van der Waals surface area (Å²) in [4.78, 5) is 16.8. The topological polar surface area (TPSA) is 23.6 Å². The highest BCUT2D eigenvalue weighted by molar-refractivity contribution is 5.94. The van der Waals surface area contributed by atoms with E-state index in [0.29, 0.717) is 19.0 Å². The Balaban J connectivity index is 1.58. The van der Waals surface area contributed by atoms with Gasteiger partial charge in [0.05, 0.1) is 0 Å². The Bertz CT molecular complexity index is 702. The molecule has 1 fully saturated rings. The molecular formula is C21H25FN2O. The first kappa shape index (κ1) is 17.5. The fourth-order valence-corrected chi connectivity index (χ4v) is 3.26. The second-order valence-electron chi connectivity index (χ2n) is 7.05. The fourth-order valence-electron chi connectivity index (χ4n) is 3.26. The van der Waals surface area contributed by atoms with E-state index in [1.807, 2.05) is 17.0 Å². The van der Waals surface area contributed by atoms with Crippen LogP contribution in [0.4, 0.5) is 10.1 Å². The lowest BCUT2D eigenvalue weighted by molar-refractivity contribution is 0.0747. The maximum absolute atomic E-state index is 13.0. The predicted molar refractivity (Wildman–Crippen MR) is 99.5 cm³/mol. The number of amides is 1. The Kier molecular flexibility index (Phi) is 5.37. The molecule has 1 aliphatic rings. The van der Waals surface area contributed by atoms with E-state index in [1.54, 1.807) is 12.1 Å². The van der Waals surface area contributed by atoms with Gasteiger partial charge in [-0.15, -0.1) is 0 Å². The molecule has 1 amide bonds. The van der Waals surface area contributed by atoms with E-state index in [1.165, 1.54) is 17.7 Å². The smallest absolute Gasteiger partial charge is 0.253 e. The predicted octanol–water partition coefficient (Wildman–Crippen LogP) is 3.99. The quantitative estimate of drug-likeness (QED) is 0.840. The van der Waals surface area contributed by atoms with Crippen molar-refractivity contribution in [2.75, 3.05) is 31.1 Å². The van der Waals surface area contributed by atoms with Crippen LogP contribution in [-0.4, -0.2) is 37.0 Å². The highest BCUT2D eigenvalue weighted by Gasteiger charge is 2.22. The maximum atomic E-state index is 13.0. The minimum atomic E-state index is -0.224. The first-order chi connectivity index (χ1) is 12.0. The van der Waals surface area contributed by atoms with Crippen molar-refractivity contribution < 1.29 is 9.18 Å². The van der Waals surface area contributed by atoms with Crippen molar-refractivity contribution in [1.82, 2.24) is 4.90 Å². The first-order valence-electron chi connectivity index (χ1n) is 8.91. The van der Waals surface area contributed by atoms with Crippen molar-refractivity contribution in [3.63, 3.8) is 0 Å². The number of rotatable bonds is 4. The summed E-state index contributed by atoms with van der Waals surface area (Å²) in [6, 6.07) is 14.5. The van der Waals surface area contributed by atoms with E-state index in [-0.39, 0.29) is 11.7 Å². The number of nitrogens with zero attached hydrogens (tertiary/aromatic N) is 2. The summed E-state index contributed by atoms with van der Waals surface area (Å²) < 4.78 is 13.0. The number of anilines is 1. The Hall–Kier alpha value is -2.36. The van der Waals surface area contributed by atoms with E-state index in [9.17, 15) is 9.18 Å². The average molecular weight is 340 g/mol. The first-order valence-corrected chi connectivity index (χ1v) is 8.91. The van der Waals surface area contributed by atoms with Crippen molar-refractivity contribution >= 4 is 11.6 Å². The van der Waals surface area contributed by atoms with Gasteiger partial charge < -0.3 is 9.80 Å². The van der Waals surface area contributed by atoms with Crippen molar-refractivity contribution in [3.05, 3.63) is 65.5 Å². The van der Waals surface area contributed by atoms with Crippen LogP contribution >= 0.6 is 0 Å². The molecule has 1 aliphatic heterocycles. The van der Waals surface area contributed by atoms with Gasteiger partial charge in [0.15, 0.2) is 0 Å². The van der Waals surface area contributed by atoms with Crippen LogP contribution in [0.5, 0.6) is 0 Å². The Morgan fingerprint density at radius 3 is 2.12 bits per heavy atom. The standard InChI is InChI=1S/C21H25FN2O/c1-16(2)15-17-3-5-18(6-4-17)21(25)24-13-11-23(12-14-24)20-9-7-19(22)8-10-20/h3-10,16H,11-15H2,1-2H3. The van der Waals surface area contributed by atoms with Crippen LogP contribution in [0.2, 0.25) is 0 Å². The van der Waals surface area contributed by atoms with Gasteiger partial charge >= 0.3 is 0 Å². The molecular weight excluding hydrogens is 315 g/mol. The van der Waals surface area contributed by atoms with Crippen LogP contribution in [0, 0.1) is 11.7 Å². The Morgan fingerprint density at radius 2 is 1.56 bits per heavy atom. The molecule has 2 aromatic carbocycles. The molecule has 25 heavy (non-hydrogen) atoms. The molecule has 0 aromatic heterocycles. The lowest BCUT2D eigenvalue weighted by Crippen LogP contribution is -2.48. The highest BCUT2D eigenvalue weighted by Crippen LogP contribution is 2.18. The molecule has 4 heteroatoms. The SMILES string of the molecule is CC(C)Cc1ccc(C(=O)N2CCN(c3ccc(F)cc3)CC2)cc1. The summed E-state index contributed by atoms with van der Waals surface area (Å²) >= 11 is 0. The van der Waals surface area contributed by atoms with Gasteiger partial charge in [0.25, 0.3) is 5.91 Å². The number of hydrogen-bond acceptors (Lipinski definition) is 2. The minimum Gasteiger partial charge on any atom is -0.368 e. The Labute approximate surface area is 149 Å². The van der Waals surface area contributed by atoms with Crippen molar-refractivity contribution in [2.45, 2.75) is 20.3 Å². The number of carbonyl (C=O) groups excluding carboxylic acids is 1. The van der Waals surface area contributed by atoms with E-state index in [4.69, 9.17) is 0 Å². The van der Waals surface area contributed by atoms with Gasteiger partial charge in [-0.05, 0) is 54.3 Å². The summed E-state index contributed by atoms with van der Waals surface area (Å²) in [6.07, 6.45) is 1.03. The van der Waals surface area contributed by atoms with Gasteiger partial charge in [-0.3, -0.25) is 4.79 Å². The summed E-state index contributed by atoms with van der Waals surface area (Å²) in [6.45, 7) is 7.29. The van der Waals surface area contributed by atoms with E-state index in [2.05, 4.69) is 30.9 Å². The molecule has 0 saturated carbocycles. The Morgan fingerprint density at radius 1 is 0.960 bits per heavy atom. The largest absolute Gasteiger partial charge is 0.368 e. The third-order valence-electron chi connectivity index (χ3n) is 4.60. The molecule has 0 spiro atoms. The number of carbonyl (C=O) groups is 1. The lowest BCUT2D eigenvalue weighted by atomic mass is 10.0. The second-order valence-corrected chi connectivity index (χ2v) is 7.05. The number of halogens is 1. The number of benzene rings is 2. The molecule has 1 heterocycles. The second kappa shape index (κ2) is 7.68. The molecule has 1 saturated heterocycles. The van der Waals surface area contributed by atoms with Crippen LogP contribution in [-0.2, 0) is 6.42 Å². The van der Waals surface area contributed by atoms with E-state index in [0.717, 1.165) is 30.8 Å². The van der Waals surface area contributed by atoms with Gasteiger partial charge in [-0.1, -0.05) is 26.0 Å². The van der Waals surface area contributed by atoms with Gasteiger partial charge in [0, 0.05) is 37.4 Å². The van der Waals surface area contributed by atoms with Gasteiger partial charge in [-0.25, -0.2) is 4.39 Å². The monoisotopic (exact) mass is 340 g/mol. The van der Waals surface area contributed by atoms with Crippen LogP contribution < -0.4 is 4.90 Å². The molecule has 132 valence electrons. The normalized spacial score (nSPS) is 14.9. The van der Waals surface area contributed by atoms with Crippen LogP contribution in [0.15, 0.2) is 48.5 Å². The van der Waals surface area contributed by atoms with Crippen LogP contribution in [0.25, 0.3) is 0 Å². The molecule has 3 nitrogen and oxygen atoms in total. The van der Waals surface area contributed by atoms with Gasteiger partial charge in [0.2, 0.25) is 0 Å². The molecule has 0 radical (unpaired) electrons. The molecule has 0 N–H and O–H groups in total. The number of piperazine rings is 1. The zero-order valence-corrected chi connectivity index (χ0v) is 14.9. The zero-order valence-electron chi connectivity index (χ0n) is 14.9. The van der Waals surface area contributed by atoms with Crippen molar-refractivity contribution in [3.8, 4) is 0 Å². The van der Waals surface area contributed by atoms with Crippen LogP contribution in [0.3, 0.4) is 0 Å². The summed E-state index contributed by atoms with van der Waals surface area (Å²) in [5, 5.41) is 0. The average Bonchev–Trinajstić information content (AvgIpc) is 2.62. The highest BCUT2D eigenvalue weighted by atomic mass is 19.1. The molecule has 2 aromatic rings. The molecule has 0 aliphatic carbocycles. The maximum Gasteiger partial charge on any atom is 0.253 e. The lowest BCUT2D eigenvalue weighted by Gasteiger charge is -2.36.